The molecule has 10 nitrogen and oxygen atoms in total. The summed E-state index contributed by atoms with van der Waals surface area (Å²) in [6.45, 7) is 6.05. The molecule has 0 saturated carbocycles. The number of aromatic nitrogens is 2. The number of hydrogen-bond donors (Lipinski definition) is 3. The van der Waals surface area contributed by atoms with Crippen LogP contribution in [0.15, 0.2) is 63.4 Å². The summed E-state index contributed by atoms with van der Waals surface area (Å²) in [7, 11) is 0. The summed E-state index contributed by atoms with van der Waals surface area (Å²) in [6.07, 6.45) is 0.935. The second kappa shape index (κ2) is 11.1. The molecule has 4 N–H and O–H groups in total. The largest absolute Gasteiger partial charge is 0.478 e. The molecule has 1 unspecified atom stereocenters. The van der Waals surface area contributed by atoms with Crippen molar-refractivity contribution in [3.63, 3.8) is 0 Å². The van der Waals surface area contributed by atoms with Crippen LogP contribution < -0.4 is 16.0 Å². The number of carboxylic acids is 1. The van der Waals surface area contributed by atoms with E-state index < -0.39 is 11.9 Å². The number of benzene rings is 1. The van der Waals surface area contributed by atoms with Gasteiger partial charge in [-0.05, 0) is 55.2 Å². The second-order valence-electron chi connectivity index (χ2n) is 10.5. The number of carbonyl (C=O) groups is 3. The molecular formula is C28H26N6O4S3. The number of thioether (sulfide) groups is 1. The van der Waals surface area contributed by atoms with Gasteiger partial charge in [-0.1, -0.05) is 36.9 Å². The zero-order valence-electron chi connectivity index (χ0n) is 22.4. The SMILES string of the molecule is Cc1ccc(C2C(C#N)=C(N)N(c3nnc(SCC(=O)Nc4ccc(C(=O)O)cc4)s3)C3=C2C(=O)CC(C)(C)C3)s1. The maximum absolute atomic E-state index is 13.6. The van der Waals surface area contributed by atoms with E-state index in [0.717, 1.165) is 15.5 Å². The Kier molecular flexibility index (Phi) is 7.74. The van der Waals surface area contributed by atoms with E-state index in [9.17, 15) is 19.6 Å². The predicted octanol–water partition coefficient (Wildman–Crippen LogP) is 5.28. The van der Waals surface area contributed by atoms with Crippen molar-refractivity contribution in [1.29, 1.82) is 5.26 Å². The maximum atomic E-state index is 13.6. The van der Waals surface area contributed by atoms with E-state index in [2.05, 4.69) is 21.6 Å². The number of nitrogens with two attached hydrogens (primary N) is 1. The lowest BCUT2D eigenvalue weighted by atomic mass is 9.70. The minimum Gasteiger partial charge on any atom is -0.478 e. The van der Waals surface area contributed by atoms with Crippen LogP contribution >= 0.6 is 34.4 Å². The highest BCUT2D eigenvalue weighted by Gasteiger charge is 2.45. The number of rotatable bonds is 7. The Morgan fingerprint density at radius 1 is 1.20 bits per heavy atom. The van der Waals surface area contributed by atoms with Gasteiger partial charge in [-0.2, -0.15) is 5.26 Å². The number of hydrogen-bond acceptors (Lipinski definition) is 11. The Morgan fingerprint density at radius 3 is 2.56 bits per heavy atom. The molecule has 1 atom stereocenters. The van der Waals surface area contributed by atoms with Gasteiger partial charge in [0.05, 0.1) is 28.9 Å². The fourth-order valence-electron chi connectivity index (χ4n) is 4.99. The lowest BCUT2D eigenvalue weighted by Gasteiger charge is -2.42. The van der Waals surface area contributed by atoms with Crippen molar-refractivity contribution in [1.82, 2.24) is 10.2 Å². The predicted molar refractivity (Wildman–Crippen MR) is 159 cm³/mol. The van der Waals surface area contributed by atoms with E-state index in [1.54, 1.807) is 16.2 Å². The van der Waals surface area contributed by atoms with Crippen molar-refractivity contribution in [3.05, 3.63) is 74.4 Å². The highest BCUT2D eigenvalue weighted by molar-refractivity contribution is 8.01. The highest BCUT2D eigenvalue weighted by Crippen LogP contribution is 2.51. The van der Waals surface area contributed by atoms with Crippen molar-refractivity contribution in [2.75, 3.05) is 16.0 Å². The highest BCUT2D eigenvalue weighted by atomic mass is 32.2. The standard InChI is InChI=1S/C28H26N6O4S3/c1-14-4-9-20(40-14)22-17(12-29)24(30)34(18-10-28(2,3)11-19(35)23(18)22)26-32-33-27(41-26)39-13-21(36)31-16-7-5-15(6-8-16)25(37)38/h4-9,22H,10-11,13,30H2,1-3H3,(H,31,36)(H,37,38). The molecule has 1 amide bonds. The van der Waals surface area contributed by atoms with Gasteiger partial charge in [-0.25, -0.2) is 4.79 Å². The first-order valence-corrected chi connectivity index (χ1v) is 15.2. The van der Waals surface area contributed by atoms with Gasteiger partial charge in [0.2, 0.25) is 11.0 Å². The van der Waals surface area contributed by atoms with Gasteiger partial charge >= 0.3 is 5.97 Å². The monoisotopic (exact) mass is 606 g/mol. The zero-order valence-corrected chi connectivity index (χ0v) is 24.9. The molecule has 41 heavy (non-hydrogen) atoms. The molecule has 1 aromatic carbocycles. The molecule has 1 aliphatic heterocycles. The fourth-order valence-corrected chi connectivity index (χ4v) is 7.67. The van der Waals surface area contributed by atoms with Crippen LogP contribution in [0, 0.1) is 23.7 Å². The Labute approximate surface area is 248 Å². The Bertz CT molecular complexity index is 1660. The van der Waals surface area contributed by atoms with Gasteiger partial charge in [0.1, 0.15) is 5.82 Å². The molecule has 0 saturated heterocycles. The molecule has 0 spiro atoms. The van der Waals surface area contributed by atoms with E-state index in [-0.39, 0.29) is 34.2 Å². The number of amides is 1. The normalized spacial score (nSPS) is 18.2. The lowest BCUT2D eigenvalue weighted by molar-refractivity contribution is -0.118. The molecule has 1 aliphatic carbocycles. The minimum absolute atomic E-state index is 0.00951. The molecule has 2 aromatic heterocycles. The number of anilines is 2. The summed E-state index contributed by atoms with van der Waals surface area (Å²) in [5.41, 5.74) is 8.57. The molecule has 3 aromatic rings. The summed E-state index contributed by atoms with van der Waals surface area (Å²) in [5, 5.41) is 30.9. The van der Waals surface area contributed by atoms with Gasteiger partial charge in [-0.15, -0.1) is 21.5 Å². The number of nitrogens with zero attached hydrogens (tertiary/aromatic N) is 4. The number of Topliss-reactive ketones (excluding diaryl/α,β-unsaturated/α-hetero) is 1. The third-order valence-electron chi connectivity index (χ3n) is 6.76. The lowest BCUT2D eigenvalue weighted by Crippen LogP contribution is -2.42. The van der Waals surface area contributed by atoms with Gasteiger partial charge in [0.25, 0.3) is 0 Å². The van der Waals surface area contributed by atoms with Crippen LogP contribution in [0.3, 0.4) is 0 Å². The number of nitriles is 1. The van der Waals surface area contributed by atoms with E-state index in [1.807, 2.05) is 32.9 Å². The molecule has 3 heterocycles. The third-order valence-corrected chi connectivity index (χ3v) is 9.86. The van der Waals surface area contributed by atoms with Gasteiger partial charge in [-0.3, -0.25) is 14.5 Å². The van der Waals surface area contributed by atoms with Crippen molar-refractivity contribution < 1.29 is 19.5 Å². The second-order valence-corrected chi connectivity index (χ2v) is 14.0. The van der Waals surface area contributed by atoms with Crippen LogP contribution in [0.2, 0.25) is 0 Å². The summed E-state index contributed by atoms with van der Waals surface area (Å²) in [6, 6.07) is 12.1. The molecule has 13 heteroatoms. The van der Waals surface area contributed by atoms with Crippen LogP contribution in [-0.2, 0) is 9.59 Å². The first-order chi connectivity index (χ1) is 19.5. The molecule has 0 fully saturated rings. The van der Waals surface area contributed by atoms with E-state index in [1.165, 1.54) is 47.4 Å². The molecule has 0 radical (unpaired) electrons. The topological polar surface area (TPSA) is 162 Å². The number of ketones is 1. The van der Waals surface area contributed by atoms with Crippen LogP contribution in [0.1, 0.15) is 52.7 Å². The van der Waals surface area contributed by atoms with Gasteiger partial charge < -0.3 is 16.2 Å². The fraction of sp³-hybridized carbons (Fsp3) is 0.286. The third kappa shape index (κ3) is 5.76. The summed E-state index contributed by atoms with van der Waals surface area (Å²) in [5.74, 6) is -1.60. The van der Waals surface area contributed by atoms with Crippen LogP contribution in [-0.4, -0.2) is 38.7 Å². The number of nitrogens with one attached hydrogen (secondary N) is 1. The number of aryl methyl sites for hydroxylation is 1. The average Bonchev–Trinajstić information content (AvgIpc) is 3.55. The number of thiophene rings is 1. The number of carboxylic acid groups (broad SMARTS) is 1. The Balaban J connectivity index is 1.41. The van der Waals surface area contributed by atoms with Crippen LogP contribution in [0.25, 0.3) is 0 Å². The summed E-state index contributed by atoms with van der Waals surface area (Å²) >= 11 is 3.96. The zero-order chi connectivity index (χ0) is 29.5. The van der Waals surface area contributed by atoms with Gasteiger partial charge in [0, 0.05) is 33.1 Å². The number of aromatic carboxylic acids is 1. The van der Waals surface area contributed by atoms with Crippen LogP contribution in [0.4, 0.5) is 10.8 Å². The quantitative estimate of drug-likeness (QED) is 0.302. The van der Waals surface area contributed by atoms with E-state index in [4.69, 9.17) is 10.8 Å². The Morgan fingerprint density at radius 2 is 1.93 bits per heavy atom. The first kappa shape index (κ1) is 28.5. The Hall–Kier alpha value is -3.99. The number of allylic oxidation sites excluding steroid dienone is 3. The van der Waals surface area contributed by atoms with Crippen LogP contribution in [0.5, 0.6) is 0 Å². The molecule has 5 rings (SSSR count). The summed E-state index contributed by atoms with van der Waals surface area (Å²) < 4.78 is 0.516. The van der Waals surface area contributed by atoms with Crippen molar-refractivity contribution in [3.8, 4) is 6.07 Å². The molecule has 0 bridgehead atoms. The minimum atomic E-state index is -1.04. The smallest absolute Gasteiger partial charge is 0.335 e. The average molecular weight is 607 g/mol. The summed E-state index contributed by atoms with van der Waals surface area (Å²) in [4.78, 5) is 40.8. The molecule has 2 aliphatic rings. The van der Waals surface area contributed by atoms with E-state index in [0.29, 0.717) is 39.1 Å². The number of carbonyl (C=O) groups excluding carboxylic acids is 2. The molecular weight excluding hydrogens is 581 g/mol. The first-order valence-electron chi connectivity index (χ1n) is 12.6. The van der Waals surface area contributed by atoms with E-state index >= 15 is 0 Å². The van der Waals surface area contributed by atoms with Crippen molar-refractivity contribution >= 4 is 62.9 Å². The van der Waals surface area contributed by atoms with Crippen molar-refractivity contribution in [2.45, 2.75) is 43.9 Å². The van der Waals surface area contributed by atoms with Crippen molar-refractivity contribution in [2.24, 2.45) is 11.1 Å². The molecule has 210 valence electrons. The maximum Gasteiger partial charge on any atom is 0.335 e. The van der Waals surface area contributed by atoms with Gasteiger partial charge in [0.15, 0.2) is 10.1 Å².